The summed E-state index contributed by atoms with van der Waals surface area (Å²) in [5, 5.41) is 8.77. The van der Waals surface area contributed by atoms with E-state index < -0.39 is 0 Å². The molecule has 0 N–H and O–H groups in total. The standard InChI is InChI=1S/C11H11NO/c1-7-10-5-8(6-12)9(10)3-4-11(7)13-2/h3-4,8H,5H2,1-2H3/t8-/m1/s1. The molecule has 0 fully saturated rings. The molecule has 1 atom stereocenters. The topological polar surface area (TPSA) is 33.0 Å². The van der Waals surface area contributed by atoms with Crippen LogP contribution < -0.4 is 4.74 Å². The SMILES string of the molecule is COc1ccc2c(c1C)C[C@@H]2C#N. The van der Waals surface area contributed by atoms with Crippen molar-refractivity contribution in [1.29, 1.82) is 5.26 Å². The maximum Gasteiger partial charge on any atom is 0.122 e. The summed E-state index contributed by atoms with van der Waals surface area (Å²) in [6.45, 7) is 2.05. The molecule has 0 saturated carbocycles. The van der Waals surface area contributed by atoms with Gasteiger partial charge in [-0.1, -0.05) is 6.07 Å². The number of rotatable bonds is 1. The quantitative estimate of drug-likeness (QED) is 0.652. The highest BCUT2D eigenvalue weighted by molar-refractivity contribution is 5.53. The van der Waals surface area contributed by atoms with Crippen LogP contribution in [0.2, 0.25) is 0 Å². The lowest BCUT2D eigenvalue weighted by Gasteiger charge is -2.27. The Hall–Kier alpha value is -1.49. The molecule has 1 aromatic carbocycles. The molecule has 0 radical (unpaired) electrons. The van der Waals surface area contributed by atoms with Crippen molar-refractivity contribution in [2.24, 2.45) is 0 Å². The highest BCUT2D eigenvalue weighted by Crippen LogP contribution is 2.39. The highest BCUT2D eigenvalue weighted by atomic mass is 16.5. The lowest BCUT2D eigenvalue weighted by molar-refractivity contribution is 0.409. The Morgan fingerprint density at radius 2 is 2.31 bits per heavy atom. The van der Waals surface area contributed by atoms with E-state index in [1.165, 1.54) is 16.7 Å². The summed E-state index contributed by atoms with van der Waals surface area (Å²) in [6, 6.07) is 6.22. The molecule has 1 aliphatic rings. The Morgan fingerprint density at radius 3 is 2.92 bits per heavy atom. The van der Waals surface area contributed by atoms with Crippen LogP contribution >= 0.6 is 0 Å². The summed E-state index contributed by atoms with van der Waals surface area (Å²) in [5.41, 5.74) is 3.67. The van der Waals surface area contributed by atoms with Gasteiger partial charge in [0.2, 0.25) is 0 Å². The number of benzene rings is 1. The van der Waals surface area contributed by atoms with Crippen LogP contribution in [0.5, 0.6) is 5.75 Å². The molecule has 0 heterocycles. The molecule has 0 saturated heterocycles. The van der Waals surface area contributed by atoms with Gasteiger partial charge in [0.25, 0.3) is 0 Å². The Morgan fingerprint density at radius 1 is 1.54 bits per heavy atom. The molecule has 0 spiro atoms. The van der Waals surface area contributed by atoms with E-state index in [1.54, 1.807) is 7.11 Å². The summed E-state index contributed by atoms with van der Waals surface area (Å²) in [4.78, 5) is 0. The first kappa shape index (κ1) is 8.12. The van der Waals surface area contributed by atoms with Crippen LogP contribution in [0.4, 0.5) is 0 Å². The zero-order chi connectivity index (χ0) is 9.42. The maximum atomic E-state index is 8.77. The smallest absolute Gasteiger partial charge is 0.122 e. The van der Waals surface area contributed by atoms with Crippen molar-refractivity contribution >= 4 is 0 Å². The van der Waals surface area contributed by atoms with Crippen LogP contribution in [-0.2, 0) is 6.42 Å². The fourth-order valence-electron chi connectivity index (χ4n) is 1.87. The summed E-state index contributed by atoms with van der Waals surface area (Å²) < 4.78 is 5.20. The predicted molar refractivity (Wildman–Crippen MR) is 49.8 cm³/mol. The second kappa shape index (κ2) is 2.77. The van der Waals surface area contributed by atoms with E-state index in [4.69, 9.17) is 10.00 Å². The first-order chi connectivity index (χ1) is 6.27. The molecule has 2 rings (SSSR count). The van der Waals surface area contributed by atoms with Gasteiger partial charge in [0.1, 0.15) is 5.75 Å². The van der Waals surface area contributed by atoms with Gasteiger partial charge in [-0.05, 0) is 36.1 Å². The molecule has 0 unspecified atom stereocenters. The first-order valence-corrected chi connectivity index (χ1v) is 4.34. The van der Waals surface area contributed by atoms with E-state index >= 15 is 0 Å². The Bertz CT molecular complexity index is 390. The number of hydrogen-bond donors (Lipinski definition) is 0. The molecule has 0 aromatic heterocycles. The van der Waals surface area contributed by atoms with Crippen molar-refractivity contribution in [2.75, 3.05) is 7.11 Å². The number of nitriles is 1. The van der Waals surface area contributed by atoms with Gasteiger partial charge in [-0.15, -0.1) is 0 Å². The molecule has 1 aromatic rings. The maximum absolute atomic E-state index is 8.77. The van der Waals surface area contributed by atoms with Gasteiger partial charge >= 0.3 is 0 Å². The van der Waals surface area contributed by atoms with E-state index in [-0.39, 0.29) is 5.92 Å². The average molecular weight is 173 g/mol. The van der Waals surface area contributed by atoms with Gasteiger partial charge < -0.3 is 4.74 Å². The second-order valence-electron chi connectivity index (χ2n) is 3.35. The summed E-state index contributed by atoms with van der Waals surface area (Å²) in [6.07, 6.45) is 0.884. The minimum Gasteiger partial charge on any atom is -0.496 e. The minimum atomic E-state index is 0.111. The fourth-order valence-corrected chi connectivity index (χ4v) is 1.87. The van der Waals surface area contributed by atoms with E-state index in [2.05, 4.69) is 6.07 Å². The lowest BCUT2D eigenvalue weighted by Crippen LogP contribution is -2.17. The van der Waals surface area contributed by atoms with Crippen molar-refractivity contribution in [3.05, 3.63) is 28.8 Å². The fraction of sp³-hybridized carbons (Fsp3) is 0.364. The van der Waals surface area contributed by atoms with E-state index in [1.807, 2.05) is 19.1 Å². The Kier molecular flexibility index (Phi) is 1.73. The highest BCUT2D eigenvalue weighted by Gasteiger charge is 2.28. The molecule has 66 valence electrons. The second-order valence-corrected chi connectivity index (χ2v) is 3.35. The molecule has 2 heteroatoms. The van der Waals surface area contributed by atoms with Gasteiger partial charge in [0, 0.05) is 0 Å². The van der Waals surface area contributed by atoms with Crippen LogP contribution in [-0.4, -0.2) is 7.11 Å². The van der Waals surface area contributed by atoms with Gasteiger partial charge in [0.15, 0.2) is 0 Å². The normalized spacial score (nSPS) is 18.4. The van der Waals surface area contributed by atoms with Gasteiger partial charge in [-0.3, -0.25) is 0 Å². The van der Waals surface area contributed by atoms with E-state index in [9.17, 15) is 0 Å². The number of hydrogen-bond acceptors (Lipinski definition) is 2. The number of fused-ring (bicyclic) bond motifs is 1. The van der Waals surface area contributed by atoms with Crippen molar-refractivity contribution in [3.63, 3.8) is 0 Å². The number of nitrogens with zero attached hydrogens (tertiary/aromatic N) is 1. The number of methoxy groups -OCH3 is 1. The van der Waals surface area contributed by atoms with Gasteiger partial charge in [0.05, 0.1) is 19.1 Å². The zero-order valence-corrected chi connectivity index (χ0v) is 7.79. The third kappa shape index (κ3) is 1.01. The molecular weight excluding hydrogens is 162 g/mol. The van der Waals surface area contributed by atoms with Crippen LogP contribution in [0.1, 0.15) is 22.6 Å². The molecular formula is C11H11NO. The average Bonchev–Trinajstić information content (AvgIpc) is 2.09. The third-order valence-corrected chi connectivity index (χ3v) is 2.74. The molecule has 1 aliphatic carbocycles. The van der Waals surface area contributed by atoms with Gasteiger partial charge in [-0.25, -0.2) is 0 Å². The third-order valence-electron chi connectivity index (χ3n) is 2.74. The summed E-state index contributed by atoms with van der Waals surface area (Å²) in [7, 11) is 1.68. The lowest BCUT2D eigenvalue weighted by atomic mass is 9.76. The van der Waals surface area contributed by atoms with Crippen molar-refractivity contribution in [2.45, 2.75) is 19.3 Å². The van der Waals surface area contributed by atoms with Crippen molar-refractivity contribution in [1.82, 2.24) is 0 Å². The van der Waals surface area contributed by atoms with Gasteiger partial charge in [-0.2, -0.15) is 5.26 Å². The van der Waals surface area contributed by atoms with E-state index in [0.29, 0.717) is 0 Å². The molecule has 0 amide bonds. The van der Waals surface area contributed by atoms with Crippen LogP contribution in [0.15, 0.2) is 12.1 Å². The van der Waals surface area contributed by atoms with E-state index in [0.717, 1.165) is 12.2 Å². The van der Waals surface area contributed by atoms with Crippen LogP contribution in [0, 0.1) is 18.3 Å². The minimum absolute atomic E-state index is 0.111. The summed E-state index contributed by atoms with van der Waals surface area (Å²) >= 11 is 0. The summed E-state index contributed by atoms with van der Waals surface area (Å²) in [5.74, 6) is 1.04. The molecule has 13 heavy (non-hydrogen) atoms. The first-order valence-electron chi connectivity index (χ1n) is 4.34. The molecule has 0 bridgehead atoms. The largest absolute Gasteiger partial charge is 0.496 e. The molecule has 0 aliphatic heterocycles. The number of ether oxygens (including phenoxy) is 1. The van der Waals surface area contributed by atoms with Crippen molar-refractivity contribution in [3.8, 4) is 11.8 Å². The van der Waals surface area contributed by atoms with Crippen LogP contribution in [0.3, 0.4) is 0 Å². The van der Waals surface area contributed by atoms with Crippen LogP contribution in [0.25, 0.3) is 0 Å². The Balaban J connectivity index is 2.47. The predicted octanol–water partition coefficient (Wildman–Crippen LogP) is 2.17. The monoisotopic (exact) mass is 173 g/mol. The Labute approximate surface area is 77.8 Å². The zero-order valence-electron chi connectivity index (χ0n) is 7.79. The molecule has 2 nitrogen and oxygen atoms in total. The van der Waals surface area contributed by atoms with Crippen molar-refractivity contribution < 1.29 is 4.74 Å².